The summed E-state index contributed by atoms with van der Waals surface area (Å²) in [6.45, 7) is 0.611. The molecule has 2 aromatic carbocycles. The monoisotopic (exact) mass is 407 g/mol. The second kappa shape index (κ2) is 7.70. The summed E-state index contributed by atoms with van der Waals surface area (Å²) in [5, 5.41) is 13.6. The lowest BCUT2D eigenvalue weighted by Crippen LogP contribution is -2.24. The number of anilines is 2. The minimum Gasteiger partial charge on any atom is -0.497 e. The standard InChI is InChI=1S/C21H21N5O2S/c1-28-17-6-9-19-20(10-17)24-13-15(11-22)21(19)26-16-4-7-18(8-5-16)29(23,27)25-12-14-2-3-14/h4-10,13-14H,2-3,12H2,1H3,(H,24,26)(H2,23,25,27). The molecular weight excluding hydrogens is 386 g/mol. The lowest BCUT2D eigenvalue weighted by molar-refractivity contribution is 0.415. The van der Waals surface area contributed by atoms with E-state index in [1.165, 1.54) is 6.20 Å². The highest BCUT2D eigenvalue weighted by atomic mass is 32.2. The Morgan fingerprint density at radius 3 is 2.69 bits per heavy atom. The van der Waals surface area contributed by atoms with Crippen molar-refractivity contribution in [3.05, 3.63) is 54.2 Å². The number of hydrogen-bond acceptors (Lipinski definition) is 6. The minimum atomic E-state index is -3.01. The lowest BCUT2D eigenvalue weighted by Gasteiger charge is -2.13. The van der Waals surface area contributed by atoms with Crippen LogP contribution in [0.25, 0.3) is 10.9 Å². The van der Waals surface area contributed by atoms with Gasteiger partial charge in [-0.2, -0.15) is 5.26 Å². The van der Waals surface area contributed by atoms with Crippen molar-refractivity contribution in [2.75, 3.05) is 19.0 Å². The third-order valence-corrected chi connectivity index (χ3v) is 6.43. The zero-order valence-electron chi connectivity index (χ0n) is 15.9. The van der Waals surface area contributed by atoms with Crippen molar-refractivity contribution in [2.45, 2.75) is 17.7 Å². The van der Waals surface area contributed by atoms with Crippen molar-refractivity contribution in [3.63, 3.8) is 0 Å². The van der Waals surface area contributed by atoms with Gasteiger partial charge >= 0.3 is 0 Å². The van der Waals surface area contributed by atoms with E-state index >= 15 is 0 Å². The normalized spacial score (nSPS) is 15.4. The van der Waals surface area contributed by atoms with Crippen molar-refractivity contribution in [3.8, 4) is 11.8 Å². The van der Waals surface area contributed by atoms with Gasteiger partial charge in [-0.25, -0.2) is 13.7 Å². The molecule has 1 unspecified atom stereocenters. The highest BCUT2D eigenvalue weighted by Crippen LogP contribution is 2.31. The summed E-state index contributed by atoms with van der Waals surface area (Å²) in [7, 11) is -1.42. The first-order chi connectivity index (χ1) is 14.0. The molecular formula is C21H21N5O2S. The number of nitrogens with one attached hydrogen (secondary N) is 3. The van der Waals surface area contributed by atoms with E-state index in [1.54, 1.807) is 31.4 Å². The molecule has 148 valence electrons. The Labute approximate surface area is 169 Å². The molecule has 0 radical (unpaired) electrons. The van der Waals surface area contributed by atoms with Crippen molar-refractivity contribution in [1.29, 1.82) is 10.0 Å². The Morgan fingerprint density at radius 2 is 2.03 bits per heavy atom. The number of rotatable bonds is 7. The van der Waals surface area contributed by atoms with Crippen LogP contribution in [0.1, 0.15) is 18.4 Å². The fourth-order valence-corrected chi connectivity index (χ4v) is 4.19. The van der Waals surface area contributed by atoms with Crippen LogP contribution in [-0.4, -0.2) is 22.8 Å². The molecule has 0 bridgehead atoms. The van der Waals surface area contributed by atoms with E-state index < -0.39 is 9.92 Å². The maximum Gasteiger partial charge on any atom is 0.134 e. The second-order valence-corrected chi connectivity index (χ2v) is 8.91. The highest BCUT2D eigenvalue weighted by molar-refractivity contribution is 7.90. The summed E-state index contributed by atoms with van der Waals surface area (Å²) in [5.41, 5.74) is 2.50. The van der Waals surface area contributed by atoms with Crippen LogP contribution in [0, 0.1) is 22.0 Å². The Balaban J connectivity index is 1.62. The van der Waals surface area contributed by atoms with E-state index in [1.807, 2.05) is 18.2 Å². The smallest absolute Gasteiger partial charge is 0.134 e. The molecule has 0 amide bonds. The topological polar surface area (TPSA) is 111 Å². The Bertz CT molecular complexity index is 1200. The van der Waals surface area contributed by atoms with Gasteiger partial charge in [0.2, 0.25) is 0 Å². The molecule has 1 aliphatic carbocycles. The molecule has 0 saturated heterocycles. The number of benzene rings is 2. The SMILES string of the molecule is COc1ccc2c(Nc3ccc(S(=N)(=O)NCC4CC4)cc3)c(C#N)cnc2c1. The van der Waals surface area contributed by atoms with E-state index in [0.717, 1.165) is 23.9 Å². The fourth-order valence-electron chi connectivity index (χ4n) is 3.03. The van der Waals surface area contributed by atoms with E-state index in [-0.39, 0.29) is 0 Å². The Kier molecular flexibility index (Phi) is 5.09. The summed E-state index contributed by atoms with van der Waals surface area (Å²) in [6, 6.07) is 14.5. The molecule has 3 N–H and O–H groups in total. The number of nitriles is 1. The fraction of sp³-hybridized carbons (Fsp3) is 0.238. The largest absolute Gasteiger partial charge is 0.497 e. The van der Waals surface area contributed by atoms with Gasteiger partial charge in [0, 0.05) is 29.9 Å². The molecule has 1 aliphatic rings. The van der Waals surface area contributed by atoms with Gasteiger partial charge in [0.15, 0.2) is 0 Å². The van der Waals surface area contributed by atoms with Crippen LogP contribution in [0.4, 0.5) is 11.4 Å². The maximum absolute atomic E-state index is 12.6. The number of hydrogen-bond donors (Lipinski definition) is 3. The van der Waals surface area contributed by atoms with Gasteiger partial charge in [-0.1, -0.05) is 0 Å². The number of ether oxygens (including phenoxy) is 1. The molecule has 1 saturated carbocycles. The predicted octanol–water partition coefficient (Wildman–Crippen LogP) is 4.18. The number of fused-ring (bicyclic) bond motifs is 1. The lowest BCUT2D eigenvalue weighted by atomic mass is 10.1. The highest BCUT2D eigenvalue weighted by Gasteiger charge is 2.23. The average Bonchev–Trinajstić information content (AvgIpc) is 3.57. The third kappa shape index (κ3) is 4.16. The summed E-state index contributed by atoms with van der Waals surface area (Å²) < 4.78 is 28.8. The summed E-state index contributed by atoms with van der Waals surface area (Å²) in [4.78, 5) is 4.77. The van der Waals surface area contributed by atoms with E-state index in [9.17, 15) is 9.47 Å². The van der Waals surface area contributed by atoms with Crippen LogP contribution in [0.15, 0.2) is 53.6 Å². The first-order valence-electron chi connectivity index (χ1n) is 9.27. The summed E-state index contributed by atoms with van der Waals surface area (Å²) in [6.07, 6.45) is 3.80. The van der Waals surface area contributed by atoms with Crippen LogP contribution in [0.3, 0.4) is 0 Å². The van der Waals surface area contributed by atoms with Gasteiger partial charge in [0.1, 0.15) is 21.7 Å². The van der Waals surface area contributed by atoms with Crippen molar-refractivity contribution in [1.82, 2.24) is 9.71 Å². The molecule has 8 heteroatoms. The number of nitrogens with zero attached hydrogens (tertiary/aromatic N) is 2. The van der Waals surface area contributed by atoms with Crippen LogP contribution in [0.5, 0.6) is 5.75 Å². The van der Waals surface area contributed by atoms with Crippen LogP contribution >= 0.6 is 0 Å². The van der Waals surface area contributed by atoms with Gasteiger partial charge in [0.25, 0.3) is 0 Å². The number of pyridine rings is 1. The predicted molar refractivity (Wildman–Crippen MR) is 113 cm³/mol. The third-order valence-electron chi connectivity index (χ3n) is 4.92. The summed E-state index contributed by atoms with van der Waals surface area (Å²) >= 11 is 0. The average molecular weight is 407 g/mol. The van der Waals surface area contributed by atoms with Crippen molar-refractivity contribution in [2.24, 2.45) is 5.92 Å². The van der Waals surface area contributed by atoms with Gasteiger partial charge < -0.3 is 10.1 Å². The van der Waals surface area contributed by atoms with Crippen LogP contribution in [-0.2, 0) is 9.92 Å². The molecule has 0 aliphatic heterocycles. The minimum absolute atomic E-state index is 0.419. The maximum atomic E-state index is 12.6. The van der Waals surface area contributed by atoms with Gasteiger partial charge in [-0.3, -0.25) is 4.98 Å². The first kappa shape index (κ1) is 19.2. The van der Waals surface area contributed by atoms with Crippen LogP contribution in [0.2, 0.25) is 0 Å². The van der Waals surface area contributed by atoms with Crippen molar-refractivity contribution < 1.29 is 8.95 Å². The molecule has 1 aromatic heterocycles. The van der Waals surface area contributed by atoms with Gasteiger partial charge in [0.05, 0.1) is 28.8 Å². The molecule has 29 heavy (non-hydrogen) atoms. The zero-order chi connectivity index (χ0) is 20.4. The molecule has 4 rings (SSSR count). The first-order valence-corrected chi connectivity index (χ1v) is 10.8. The van der Waals surface area contributed by atoms with Crippen LogP contribution < -0.4 is 14.8 Å². The molecule has 0 spiro atoms. The van der Waals surface area contributed by atoms with E-state index in [4.69, 9.17) is 9.52 Å². The molecule has 1 atom stereocenters. The quantitative estimate of drug-likeness (QED) is 0.544. The molecule has 7 nitrogen and oxygen atoms in total. The van der Waals surface area contributed by atoms with Crippen molar-refractivity contribution >= 4 is 32.2 Å². The number of aromatic nitrogens is 1. The van der Waals surface area contributed by atoms with Gasteiger partial charge in [-0.05, 0) is 55.2 Å². The molecule has 1 fully saturated rings. The molecule has 3 aromatic rings. The van der Waals surface area contributed by atoms with Gasteiger partial charge in [-0.15, -0.1) is 0 Å². The second-order valence-electron chi connectivity index (χ2n) is 7.04. The van der Waals surface area contributed by atoms with E-state index in [2.05, 4.69) is 21.1 Å². The van der Waals surface area contributed by atoms with E-state index in [0.29, 0.717) is 39.9 Å². The zero-order valence-corrected chi connectivity index (χ0v) is 16.8. The Hall–Kier alpha value is -3.15. The summed E-state index contributed by atoms with van der Waals surface area (Å²) in [5.74, 6) is 1.24. The molecule has 1 heterocycles. The number of methoxy groups -OCH3 is 1. The Morgan fingerprint density at radius 1 is 1.28 bits per heavy atom.